The van der Waals surface area contributed by atoms with Gasteiger partial charge >= 0.3 is 0 Å². The number of methoxy groups -OCH3 is 1. The third-order valence-electron chi connectivity index (χ3n) is 3.30. The normalized spacial score (nSPS) is 12.1. The molecule has 3 N–H and O–H groups in total. The van der Waals surface area contributed by atoms with Crippen molar-refractivity contribution in [2.45, 2.75) is 19.4 Å². The maximum Gasteiger partial charge on any atom is 0.126 e. The number of ether oxygens (including phenoxy) is 1. The van der Waals surface area contributed by atoms with E-state index in [0.717, 1.165) is 24.3 Å². The molecular weight excluding hydrogens is 250 g/mol. The zero-order valence-corrected chi connectivity index (χ0v) is 12.0. The zero-order valence-electron chi connectivity index (χ0n) is 12.0. The lowest BCUT2D eigenvalue weighted by atomic mass is 9.99. The van der Waals surface area contributed by atoms with Crippen molar-refractivity contribution in [3.05, 3.63) is 53.7 Å². The first-order chi connectivity index (χ1) is 9.74. The highest BCUT2D eigenvalue weighted by Crippen LogP contribution is 2.23. The third-order valence-corrected chi connectivity index (χ3v) is 3.30. The molecule has 2 aromatic rings. The number of hydrogen-bond acceptors (Lipinski definition) is 4. The van der Waals surface area contributed by atoms with E-state index in [-0.39, 0.29) is 6.04 Å². The van der Waals surface area contributed by atoms with Crippen LogP contribution in [-0.4, -0.2) is 18.6 Å². The Morgan fingerprint density at radius 1 is 1.30 bits per heavy atom. The minimum absolute atomic E-state index is 0.196. The second-order valence-electron chi connectivity index (χ2n) is 4.64. The lowest BCUT2D eigenvalue weighted by Crippen LogP contribution is -2.23. The number of anilines is 1. The predicted molar refractivity (Wildman–Crippen MR) is 81.8 cm³/mol. The summed E-state index contributed by atoms with van der Waals surface area (Å²) < 4.78 is 5.29. The molecule has 2 rings (SSSR count). The van der Waals surface area contributed by atoms with Crippen LogP contribution in [-0.2, 0) is 6.42 Å². The first kappa shape index (κ1) is 14.3. The molecule has 0 fully saturated rings. The van der Waals surface area contributed by atoms with E-state index >= 15 is 0 Å². The SMILES string of the molecule is CCNC(Cc1cccnc1N)c1cccc(OC)c1. The van der Waals surface area contributed by atoms with Crippen LogP contribution in [0.5, 0.6) is 5.75 Å². The summed E-state index contributed by atoms with van der Waals surface area (Å²) in [5, 5.41) is 3.49. The molecule has 0 radical (unpaired) electrons. The van der Waals surface area contributed by atoms with Gasteiger partial charge in [0.2, 0.25) is 0 Å². The highest BCUT2D eigenvalue weighted by molar-refractivity contribution is 5.40. The zero-order chi connectivity index (χ0) is 14.4. The van der Waals surface area contributed by atoms with Gasteiger partial charge in [-0.3, -0.25) is 0 Å². The van der Waals surface area contributed by atoms with Crippen LogP contribution >= 0.6 is 0 Å². The number of aromatic nitrogens is 1. The van der Waals surface area contributed by atoms with E-state index in [9.17, 15) is 0 Å². The predicted octanol–water partition coefficient (Wildman–Crippen LogP) is 2.57. The lowest BCUT2D eigenvalue weighted by Gasteiger charge is -2.19. The van der Waals surface area contributed by atoms with E-state index in [0.29, 0.717) is 5.82 Å². The molecule has 20 heavy (non-hydrogen) atoms. The quantitative estimate of drug-likeness (QED) is 0.847. The Balaban J connectivity index is 2.24. The van der Waals surface area contributed by atoms with E-state index in [1.807, 2.05) is 24.3 Å². The number of benzene rings is 1. The lowest BCUT2D eigenvalue weighted by molar-refractivity contribution is 0.413. The van der Waals surface area contributed by atoms with Gasteiger partial charge in [0.1, 0.15) is 11.6 Å². The Bertz CT molecular complexity index is 557. The molecule has 0 saturated heterocycles. The molecule has 106 valence electrons. The summed E-state index contributed by atoms with van der Waals surface area (Å²) in [5.41, 5.74) is 8.18. The summed E-state index contributed by atoms with van der Waals surface area (Å²) in [6.45, 7) is 2.99. The molecule has 4 heteroatoms. The molecule has 0 spiro atoms. The molecule has 1 unspecified atom stereocenters. The van der Waals surface area contributed by atoms with E-state index in [4.69, 9.17) is 10.5 Å². The molecule has 1 heterocycles. The van der Waals surface area contributed by atoms with Gasteiger partial charge in [0, 0.05) is 12.2 Å². The largest absolute Gasteiger partial charge is 0.497 e. The van der Waals surface area contributed by atoms with E-state index in [1.165, 1.54) is 5.56 Å². The van der Waals surface area contributed by atoms with Crippen molar-refractivity contribution in [2.24, 2.45) is 0 Å². The highest BCUT2D eigenvalue weighted by atomic mass is 16.5. The van der Waals surface area contributed by atoms with E-state index in [2.05, 4.69) is 29.4 Å². The van der Waals surface area contributed by atoms with Crippen LogP contribution in [0.3, 0.4) is 0 Å². The fourth-order valence-corrected chi connectivity index (χ4v) is 2.26. The fraction of sp³-hybridized carbons (Fsp3) is 0.312. The molecule has 0 aliphatic rings. The van der Waals surface area contributed by atoms with Crippen LogP contribution in [0.4, 0.5) is 5.82 Å². The summed E-state index contributed by atoms with van der Waals surface area (Å²) in [6.07, 6.45) is 2.52. The Labute approximate surface area is 120 Å². The van der Waals surface area contributed by atoms with E-state index in [1.54, 1.807) is 13.3 Å². The molecule has 0 bridgehead atoms. The van der Waals surface area contributed by atoms with Crippen molar-refractivity contribution >= 4 is 5.82 Å². The number of nitrogen functional groups attached to an aromatic ring is 1. The second-order valence-corrected chi connectivity index (χ2v) is 4.64. The van der Waals surface area contributed by atoms with Crippen LogP contribution in [0.2, 0.25) is 0 Å². The van der Waals surface area contributed by atoms with Crippen molar-refractivity contribution in [3.8, 4) is 5.75 Å². The van der Waals surface area contributed by atoms with Gasteiger partial charge in [-0.25, -0.2) is 4.98 Å². The van der Waals surface area contributed by atoms with Gasteiger partial charge in [-0.15, -0.1) is 0 Å². The standard InChI is InChI=1S/C16H21N3O/c1-3-18-15(11-13-7-5-9-19-16(13)17)12-6-4-8-14(10-12)20-2/h4-10,15,18H,3,11H2,1-2H3,(H2,17,19). The Morgan fingerprint density at radius 2 is 2.15 bits per heavy atom. The summed E-state index contributed by atoms with van der Waals surface area (Å²) in [6, 6.07) is 12.2. The maximum absolute atomic E-state index is 5.94. The summed E-state index contributed by atoms with van der Waals surface area (Å²) >= 11 is 0. The minimum Gasteiger partial charge on any atom is -0.497 e. The topological polar surface area (TPSA) is 60.2 Å². The van der Waals surface area contributed by atoms with Crippen LogP contribution in [0.1, 0.15) is 24.1 Å². The Kier molecular flexibility index (Phi) is 4.96. The molecule has 0 aliphatic heterocycles. The number of nitrogens with two attached hydrogens (primary N) is 1. The van der Waals surface area contributed by atoms with Crippen LogP contribution < -0.4 is 15.8 Å². The summed E-state index contributed by atoms with van der Waals surface area (Å²) in [5.74, 6) is 1.46. The van der Waals surface area contributed by atoms with Gasteiger partial charge < -0.3 is 15.8 Å². The number of nitrogens with one attached hydrogen (secondary N) is 1. The van der Waals surface area contributed by atoms with Gasteiger partial charge in [-0.2, -0.15) is 0 Å². The molecule has 1 atom stereocenters. The van der Waals surface area contributed by atoms with Gasteiger partial charge in [0.15, 0.2) is 0 Å². The van der Waals surface area contributed by atoms with Gasteiger partial charge in [0.25, 0.3) is 0 Å². The van der Waals surface area contributed by atoms with Crippen molar-refractivity contribution in [2.75, 3.05) is 19.4 Å². The van der Waals surface area contributed by atoms with Crippen molar-refractivity contribution in [1.29, 1.82) is 0 Å². The minimum atomic E-state index is 0.196. The first-order valence-electron chi connectivity index (χ1n) is 6.81. The molecular formula is C16H21N3O. The third kappa shape index (κ3) is 3.48. The molecule has 0 aliphatic carbocycles. The van der Waals surface area contributed by atoms with E-state index < -0.39 is 0 Å². The summed E-state index contributed by atoms with van der Waals surface area (Å²) in [7, 11) is 1.68. The molecule has 0 amide bonds. The first-order valence-corrected chi connectivity index (χ1v) is 6.81. The average Bonchev–Trinajstić information content (AvgIpc) is 2.49. The Morgan fingerprint density at radius 3 is 2.85 bits per heavy atom. The number of rotatable bonds is 6. The summed E-state index contributed by atoms with van der Waals surface area (Å²) in [4.78, 5) is 4.15. The van der Waals surface area contributed by atoms with Gasteiger partial charge in [0.05, 0.1) is 7.11 Å². The molecule has 0 saturated carbocycles. The van der Waals surface area contributed by atoms with Crippen molar-refractivity contribution in [1.82, 2.24) is 10.3 Å². The smallest absolute Gasteiger partial charge is 0.126 e. The van der Waals surface area contributed by atoms with Crippen LogP contribution in [0, 0.1) is 0 Å². The second kappa shape index (κ2) is 6.91. The van der Waals surface area contributed by atoms with Gasteiger partial charge in [-0.1, -0.05) is 25.1 Å². The van der Waals surface area contributed by atoms with Crippen LogP contribution in [0.25, 0.3) is 0 Å². The molecule has 4 nitrogen and oxygen atoms in total. The Hall–Kier alpha value is -2.07. The fourth-order valence-electron chi connectivity index (χ4n) is 2.26. The van der Waals surface area contributed by atoms with Crippen LogP contribution in [0.15, 0.2) is 42.6 Å². The average molecular weight is 271 g/mol. The number of likely N-dealkylation sites (N-methyl/N-ethyl adjacent to an activating group) is 1. The monoisotopic (exact) mass is 271 g/mol. The van der Waals surface area contributed by atoms with Crippen molar-refractivity contribution < 1.29 is 4.74 Å². The number of nitrogens with zero attached hydrogens (tertiary/aromatic N) is 1. The highest BCUT2D eigenvalue weighted by Gasteiger charge is 2.13. The number of hydrogen-bond donors (Lipinski definition) is 2. The van der Waals surface area contributed by atoms with Gasteiger partial charge in [-0.05, 0) is 42.3 Å². The molecule has 1 aromatic heterocycles. The van der Waals surface area contributed by atoms with Crippen molar-refractivity contribution in [3.63, 3.8) is 0 Å². The maximum atomic E-state index is 5.94. The number of pyridine rings is 1. The molecule has 1 aromatic carbocycles.